The fraction of sp³-hybridized carbons (Fsp3) is 0.444. The van der Waals surface area contributed by atoms with Crippen LogP contribution in [0.3, 0.4) is 0 Å². The van der Waals surface area contributed by atoms with Gasteiger partial charge in [-0.2, -0.15) is 5.10 Å². The zero-order valence-electron chi connectivity index (χ0n) is 8.63. The van der Waals surface area contributed by atoms with Gasteiger partial charge in [-0.25, -0.2) is 5.10 Å². The summed E-state index contributed by atoms with van der Waals surface area (Å²) in [5, 5.41) is 13.6. The summed E-state index contributed by atoms with van der Waals surface area (Å²) in [6.45, 7) is 3.99. The molecule has 0 aliphatic rings. The van der Waals surface area contributed by atoms with E-state index in [1.54, 1.807) is 0 Å². The highest BCUT2D eigenvalue weighted by atomic mass is 32.1. The molecule has 0 spiro atoms. The summed E-state index contributed by atoms with van der Waals surface area (Å²) in [7, 11) is 0. The highest BCUT2D eigenvalue weighted by molar-refractivity contribution is 7.71. The van der Waals surface area contributed by atoms with E-state index in [1.165, 1.54) is 5.56 Å². The Kier molecular flexibility index (Phi) is 2.68. The third-order valence-corrected chi connectivity index (χ3v) is 2.53. The van der Waals surface area contributed by atoms with Crippen molar-refractivity contribution in [2.75, 3.05) is 0 Å². The van der Waals surface area contributed by atoms with Crippen molar-refractivity contribution in [3.05, 3.63) is 27.7 Å². The van der Waals surface area contributed by atoms with Gasteiger partial charge in [0.1, 0.15) is 0 Å². The second-order valence-corrected chi connectivity index (χ2v) is 3.79. The van der Waals surface area contributed by atoms with Gasteiger partial charge in [-0.15, -0.1) is 5.10 Å². The van der Waals surface area contributed by atoms with E-state index in [0.29, 0.717) is 10.7 Å². The van der Waals surface area contributed by atoms with Crippen LogP contribution in [-0.4, -0.2) is 20.4 Å². The van der Waals surface area contributed by atoms with Gasteiger partial charge >= 0.3 is 0 Å². The average Bonchev–Trinajstić information content (AvgIpc) is 2.73. The molecule has 0 saturated heterocycles. The first-order valence-corrected chi connectivity index (χ1v) is 5.12. The molecule has 0 atom stereocenters. The van der Waals surface area contributed by atoms with E-state index in [2.05, 4.69) is 20.4 Å². The molecular formula is C9H12N4OS. The van der Waals surface area contributed by atoms with E-state index < -0.39 is 0 Å². The van der Waals surface area contributed by atoms with E-state index >= 15 is 0 Å². The minimum absolute atomic E-state index is 0.325. The smallest absolute Gasteiger partial charge is 0.284 e. The van der Waals surface area contributed by atoms with Crippen molar-refractivity contribution in [2.45, 2.75) is 26.7 Å². The highest BCUT2D eigenvalue weighted by Gasteiger charge is 2.08. The van der Waals surface area contributed by atoms with Crippen molar-refractivity contribution < 1.29 is 4.42 Å². The van der Waals surface area contributed by atoms with Crippen LogP contribution in [0.2, 0.25) is 0 Å². The zero-order valence-corrected chi connectivity index (χ0v) is 9.44. The van der Waals surface area contributed by atoms with Gasteiger partial charge in [0, 0.05) is 12.1 Å². The van der Waals surface area contributed by atoms with Crippen molar-refractivity contribution in [1.29, 1.82) is 0 Å². The van der Waals surface area contributed by atoms with E-state index in [9.17, 15) is 0 Å². The van der Waals surface area contributed by atoms with E-state index in [4.69, 9.17) is 16.6 Å². The SMILES string of the molecule is Cc1n[nH]c(C)c1CCc1n[nH]c(=S)o1. The fourth-order valence-corrected chi connectivity index (χ4v) is 1.68. The first-order valence-electron chi connectivity index (χ1n) is 4.71. The maximum absolute atomic E-state index is 5.18. The van der Waals surface area contributed by atoms with E-state index in [0.717, 1.165) is 24.2 Å². The molecule has 0 fully saturated rings. The molecule has 80 valence electrons. The summed E-state index contributed by atoms with van der Waals surface area (Å²) in [6.07, 6.45) is 1.59. The van der Waals surface area contributed by atoms with Gasteiger partial charge in [-0.1, -0.05) is 0 Å². The lowest BCUT2D eigenvalue weighted by Gasteiger charge is -1.97. The molecule has 0 aromatic carbocycles. The van der Waals surface area contributed by atoms with Gasteiger partial charge in [0.15, 0.2) is 0 Å². The van der Waals surface area contributed by atoms with Gasteiger partial charge in [-0.05, 0) is 38.0 Å². The molecule has 0 bridgehead atoms. The van der Waals surface area contributed by atoms with Crippen LogP contribution in [0, 0.1) is 18.7 Å². The molecule has 2 aromatic rings. The van der Waals surface area contributed by atoms with Crippen molar-refractivity contribution in [2.24, 2.45) is 0 Å². The number of rotatable bonds is 3. The van der Waals surface area contributed by atoms with Gasteiger partial charge in [0.05, 0.1) is 5.69 Å². The second-order valence-electron chi connectivity index (χ2n) is 3.42. The lowest BCUT2D eigenvalue weighted by molar-refractivity contribution is 0.479. The van der Waals surface area contributed by atoms with Crippen LogP contribution in [0.5, 0.6) is 0 Å². The molecule has 15 heavy (non-hydrogen) atoms. The van der Waals surface area contributed by atoms with Gasteiger partial charge in [-0.3, -0.25) is 5.10 Å². The Hall–Kier alpha value is -1.43. The van der Waals surface area contributed by atoms with Crippen LogP contribution < -0.4 is 0 Å². The number of H-pyrrole nitrogens is 2. The summed E-state index contributed by atoms with van der Waals surface area (Å²) in [6, 6.07) is 0. The van der Waals surface area contributed by atoms with Crippen LogP contribution in [0.25, 0.3) is 0 Å². The molecule has 6 heteroatoms. The Balaban J connectivity index is 2.08. The standard InChI is InChI=1S/C9H12N4OS/c1-5-7(6(2)11-10-5)3-4-8-12-13-9(15)14-8/h3-4H2,1-2H3,(H,10,11)(H,13,15). The normalized spacial score (nSPS) is 10.8. The number of hydrogen-bond donors (Lipinski definition) is 2. The summed E-state index contributed by atoms with van der Waals surface area (Å²) in [4.78, 5) is 0.325. The monoisotopic (exact) mass is 224 g/mol. The summed E-state index contributed by atoms with van der Waals surface area (Å²) >= 11 is 4.80. The molecule has 2 aromatic heterocycles. The average molecular weight is 224 g/mol. The Morgan fingerprint density at radius 1 is 1.20 bits per heavy atom. The van der Waals surface area contributed by atoms with Crippen molar-refractivity contribution >= 4 is 12.2 Å². The highest BCUT2D eigenvalue weighted by Crippen LogP contribution is 2.12. The molecule has 5 nitrogen and oxygen atoms in total. The largest absolute Gasteiger partial charge is 0.414 e. The Morgan fingerprint density at radius 2 is 2.00 bits per heavy atom. The maximum atomic E-state index is 5.18. The van der Waals surface area contributed by atoms with Crippen LogP contribution >= 0.6 is 12.2 Å². The molecule has 0 aliphatic carbocycles. The quantitative estimate of drug-likeness (QED) is 0.781. The number of aromatic amines is 2. The lowest BCUT2D eigenvalue weighted by Crippen LogP contribution is -1.94. The van der Waals surface area contributed by atoms with Crippen LogP contribution in [0.4, 0.5) is 0 Å². The third-order valence-electron chi connectivity index (χ3n) is 2.35. The third kappa shape index (κ3) is 2.15. The molecule has 0 radical (unpaired) electrons. The first kappa shape index (κ1) is 10.1. The van der Waals surface area contributed by atoms with Crippen molar-refractivity contribution in [3.8, 4) is 0 Å². The maximum Gasteiger partial charge on any atom is 0.284 e. The van der Waals surface area contributed by atoms with Gasteiger partial charge in [0.25, 0.3) is 4.84 Å². The summed E-state index contributed by atoms with van der Waals surface area (Å²) in [5.74, 6) is 0.639. The molecular weight excluding hydrogens is 212 g/mol. The van der Waals surface area contributed by atoms with Gasteiger partial charge in [0.2, 0.25) is 5.89 Å². The second kappa shape index (κ2) is 3.98. The predicted octanol–water partition coefficient (Wildman–Crippen LogP) is 1.86. The molecule has 0 amide bonds. The molecule has 2 heterocycles. The Labute approximate surface area is 91.9 Å². The fourth-order valence-electron chi connectivity index (χ4n) is 1.54. The number of nitrogens with one attached hydrogen (secondary N) is 2. The number of hydrogen-bond acceptors (Lipinski definition) is 4. The van der Waals surface area contributed by atoms with Gasteiger partial charge < -0.3 is 4.42 Å². The summed E-state index contributed by atoms with van der Waals surface area (Å²) in [5.41, 5.74) is 3.35. The molecule has 0 aliphatic heterocycles. The number of aromatic nitrogens is 4. The molecule has 0 unspecified atom stereocenters. The summed E-state index contributed by atoms with van der Waals surface area (Å²) < 4.78 is 5.18. The first-order chi connectivity index (χ1) is 7.16. The molecule has 2 N–H and O–H groups in total. The Morgan fingerprint density at radius 3 is 2.53 bits per heavy atom. The van der Waals surface area contributed by atoms with Crippen molar-refractivity contribution in [1.82, 2.24) is 20.4 Å². The predicted molar refractivity (Wildman–Crippen MR) is 57.2 cm³/mol. The minimum Gasteiger partial charge on any atom is -0.414 e. The number of nitrogens with zero attached hydrogens (tertiary/aromatic N) is 2. The van der Waals surface area contributed by atoms with E-state index in [1.807, 2.05) is 13.8 Å². The molecule has 2 rings (SSSR count). The van der Waals surface area contributed by atoms with Crippen LogP contribution in [0.15, 0.2) is 4.42 Å². The zero-order chi connectivity index (χ0) is 10.8. The lowest BCUT2D eigenvalue weighted by atomic mass is 10.1. The minimum atomic E-state index is 0.325. The van der Waals surface area contributed by atoms with Crippen LogP contribution in [0.1, 0.15) is 22.8 Å². The Bertz CT molecular complexity index is 491. The van der Waals surface area contributed by atoms with Crippen molar-refractivity contribution in [3.63, 3.8) is 0 Å². The van der Waals surface area contributed by atoms with E-state index in [-0.39, 0.29) is 0 Å². The van der Waals surface area contributed by atoms with Crippen LogP contribution in [-0.2, 0) is 12.8 Å². The number of aryl methyl sites for hydroxylation is 3. The topological polar surface area (TPSA) is 70.5 Å². The molecule has 0 saturated carbocycles.